The third-order valence-corrected chi connectivity index (χ3v) is 6.62. The average molecular weight is 361 g/mol. The molecule has 27 heavy (non-hydrogen) atoms. The van der Waals surface area contributed by atoms with Gasteiger partial charge in [0.15, 0.2) is 0 Å². The van der Waals surface area contributed by atoms with E-state index >= 15 is 0 Å². The summed E-state index contributed by atoms with van der Waals surface area (Å²) in [6.45, 7) is 1.04. The second kappa shape index (κ2) is 6.70. The normalized spacial score (nSPS) is 18.8. The van der Waals surface area contributed by atoms with Crippen molar-refractivity contribution in [2.45, 2.75) is 57.3 Å². The molecular weight excluding hydrogens is 334 g/mol. The van der Waals surface area contributed by atoms with Gasteiger partial charge in [0, 0.05) is 17.9 Å². The molecule has 2 aromatic rings. The summed E-state index contributed by atoms with van der Waals surface area (Å²) in [6, 6.07) is 12.3. The Balaban J connectivity index is 1.55. The fraction of sp³-hybridized carbons (Fsp3) is 0.458. The predicted octanol–water partition coefficient (Wildman–Crippen LogP) is 5.69. The summed E-state index contributed by atoms with van der Waals surface area (Å²) in [5.74, 6) is 0.696. The minimum atomic E-state index is -0.862. The summed E-state index contributed by atoms with van der Waals surface area (Å²) in [5.41, 5.74) is 7.59. The predicted molar refractivity (Wildman–Crippen MR) is 108 cm³/mol. The van der Waals surface area contributed by atoms with Gasteiger partial charge in [0.1, 0.15) is 0 Å². The minimum absolute atomic E-state index is 0.355. The van der Waals surface area contributed by atoms with Gasteiger partial charge < -0.3 is 10.0 Å². The van der Waals surface area contributed by atoms with E-state index in [9.17, 15) is 9.90 Å². The highest BCUT2D eigenvalue weighted by Crippen LogP contribution is 2.44. The minimum Gasteiger partial charge on any atom is -0.478 e. The standard InChI is InChI=1S/C24H27NO2/c26-24(27)18-9-11-21(12-10-18)25(15-16-7-8-16)22-13-19-5-1-3-17-4-2-6-20(14-22)23(17)19/h9-14,16-17H,1-8,15H2,(H,26,27). The van der Waals surface area contributed by atoms with Crippen LogP contribution in [0.1, 0.15) is 71.5 Å². The lowest BCUT2D eigenvalue weighted by Gasteiger charge is -2.34. The number of nitrogens with zero attached hydrogens (tertiary/aromatic N) is 1. The van der Waals surface area contributed by atoms with Gasteiger partial charge in [-0.1, -0.05) is 0 Å². The molecule has 0 spiro atoms. The second-order valence-electron chi connectivity index (χ2n) is 8.57. The van der Waals surface area contributed by atoms with Gasteiger partial charge in [-0.25, -0.2) is 4.79 Å². The first kappa shape index (κ1) is 16.9. The third-order valence-electron chi connectivity index (χ3n) is 6.62. The van der Waals surface area contributed by atoms with Crippen LogP contribution in [0, 0.1) is 5.92 Å². The SMILES string of the molecule is O=C(O)c1ccc(N(CC2CC2)c2cc3c4c(c2)CCCC4CCC3)cc1. The van der Waals surface area contributed by atoms with Crippen molar-refractivity contribution in [2.24, 2.45) is 5.92 Å². The third kappa shape index (κ3) is 3.24. The molecule has 0 unspecified atom stereocenters. The molecule has 3 heteroatoms. The molecule has 3 aliphatic carbocycles. The molecule has 0 radical (unpaired) electrons. The van der Waals surface area contributed by atoms with E-state index in [-0.39, 0.29) is 0 Å². The first-order chi connectivity index (χ1) is 13.2. The van der Waals surface area contributed by atoms with Crippen molar-refractivity contribution in [2.75, 3.05) is 11.4 Å². The molecule has 0 aliphatic heterocycles. The van der Waals surface area contributed by atoms with Crippen LogP contribution in [0.2, 0.25) is 0 Å². The number of carbonyl (C=O) groups is 1. The summed E-state index contributed by atoms with van der Waals surface area (Å²) in [5, 5.41) is 9.21. The second-order valence-corrected chi connectivity index (χ2v) is 8.57. The van der Waals surface area contributed by atoms with Crippen LogP contribution in [-0.2, 0) is 12.8 Å². The van der Waals surface area contributed by atoms with Crippen LogP contribution >= 0.6 is 0 Å². The Morgan fingerprint density at radius 3 is 2.11 bits per heavy atom. The lowest BCUT2D eigenvalue weighted by Crippen LogP contribution is -2.23. The Hall–Kier alpha value is -2.29. The molecule has 140 valence electrons. The van der Waals surface area contributed by atoms with Gasteiger partial charge in [0.05, 0.1) is 5.56 Å². The zero-order valence-electron chi connectivity index (χ0n) is 15.8. The average Bonchev–Trinajstić information content (AvgIpc) is 3.51. The van der Waals surface area contributed by atoms with Gasteiger partial charge in [0.25, 0.3) is 0 Å². The number of hydrogen-bond donors (Lipinski definition) is 1. The largest absolute Gasteiger partial charge is 0.478 e. The number of hydrogen-bond acceptors (Lipinski definition) is 2. The smallest absolute Gasteiger partial charge is 0.335 e. The Kier molecular flexibility index (Phi) is 4.18. The van der Waals surface area contributed by atoms with E-state index in [4.69, 9.17) is 0 Å². The van der Waals surface area contributed by atoms with Crippen LogP contribution < -0.4 is 4.90 Å². The van der Waals surface area contributed by atoms with Crippen molar-refractivity contribution in [1.82, 2.24) is 0 Å². The van der Waals surface area contributed by atoms with Crippen LogP contribution in [0.25, 0.3) is 0 Å². The molecule has 0 saturated heterocycles. The van der Waals surface area contributed by atoms with Crippen LogP contribution in [0.5, 0.6) is 0 Å². The molecule has 1 fully saturated rings. The Bertz CT molecular complexity index is 835. The molecule has 3 aliphatic rings. The fourth-order valence-corrected chi connectivity index (χ4v) is 5.07. The number of anilines is 2. The van der Waals surface area contributed by atoms with E-state index in [1.165, 1.54) is 57.1 Å². The van der Waals surface area contributed by atoms with E-state index in [1.807, 2.05) is 12.1 Å². The number of carboxylic acids is 1. The molecule has 5 rings (SSSR count). The highest BCUT2D eigenvalue weighted by molar-refractivity contribution is 5.88. The van der Waals surface area contributed by atoms with Crippen LogP contribution in [-0.4, -0.2) is 17.6 Å². The number of aromatic carboxylic acids is 1. The zero-order chi connectivity index (χ0) is 18.4. The van der Waals surface area contributed by atoms with Crippen molar-refractivity contribution in [1.29, 1.82) is 0 Å². The van der Waals surface area contributed by atoms with Gasteiger partial charge in [0.2, 0.25) is 0 Å². The molecule has 0 aromatic heterocycles. The summed E-state index contributed by atoms with van der Waals surface area (Å²) < 4.78 is 0. The molecule has 0 amide bonds. The van der Waals surface area contributed by atoms with Gasteiger partial charge >= 0.3 is 5.97 Å². The van der Waals surface area contributed by atoms with Gasteiger partial charge in [-0.3, -0.25) is 0 Å². The quantitative estimate of drug-likeness (QED) is 0.744. The number of rotatable bonds is 5. The van der Waals surface area contributed by atoms with E-state index in [1.54, 1.807) is 28.8 Å². The van der Waals surface area contributed by atoms with Crippen molar-refractivity contribution in [3.63, 3.8) is 0 Å². The molecule has 0 heterocycles. The molecule has 3 nitrogen and oxygen atoms in total. The van der Waals surface area contributed by atoms with E-state index < -0.39 is 5.97 Å². The first-order valence-corrected chi connectivity index (χ1v) is 10.5. The van der Waals surface area contributed by atoms with Crippen LogP contribution in [0.3, 0.4) is 0 Å². The maximum absolute atomic E-state index is 11.2. The summed E-state index contributed by atoms with van der Waals surface area (Å²) in [6.07, 6.45) is 10.4. The maximum atomic E-state index is 11.2. The number of aryl methyl sites for hydroxylation is 2. The van der Waals surface area contributed by atoms with E-state index in [0.29, 0.717) is 5.56 Å². The van der Waals surface area contributed by atoms with Crippen molar-refractivity contribution < 1.29 is 9.90 Å². The van der Waals surface area contributed by atoms with Gasteiger partial charge in [-0.05, 0) is 116 Å². The molecule has 0 bridgehead atoms. The van der Waals surface area contributed by atoms with Crippen LogP contribution in [0.4, 0.5) is 11.4 Å². The van der Waals surface area contributed by atoms with E-state index in [2.05, 4.69) is 17.0 Å². The number of carboxylic acid groups (broad SMARTS) is 1. The van der Waals surface area contributed by atoms with Gasteiger partial charge in [-0.15, -0.1) is 0 Å². The maximum Gasteiger partial charge on any atom is 0.335 e. The van der Waals surface area contributed by atoms with Crippen molar-refractivity contribution >= 4 is 17.3 Å². The summed E-state index contributed by atoms with van der Waals surface area (Å²) in [4.78, 5) is 13.6. The Labute approximate surface area is 161 Å². The highest BCUT2D eigenvalue weighted by atomic mass is 16.4. The fourth-order valence-electron chi connectivity index (χ4n) is 5.07. The number of benzene rings is 2. The molecule has 1 N–H and O–H groups in total. The lowest BCUT2D eigenvalue weighted by molar-refractivity contribution is 0.0697. The Morgan fingerprint density at radius 2 is 1.56 bits per heavy atom. The van der Waals surface area contributed by atoms with Crippen molar-refractivity contribution in [3.8, 4) is 0 Å². The summed E-state index contributed by atoms with van der Waals surface area (Å²) >= 11 is 0. The first-order valence-electron chi connectivity index (χ1n) is 10.5. The molecular formula is C24H27NO2. The highest BCUT2D eigenvalue weighted by Gasteiger charge is 2.29. The van der Waals surface area contributed by atoms with Crippen LogP contribution in [0.15, 0.2) is 36.4 Å². The van der Waals surface area contributed by atoms with Gasteiger partial charge in [-0.2, -0.15) is 0 Å². The molecule has 0 atom stereocenters. The topological polar surface area (TPSA) is 40.5 Å². The monoisotopic (exact) mass is 361 g/mol. The zero-order valence-corrected chi connectivity index (χ0v) is 15.8. The molecule has 1 saturated carbocycles. The van der Waals surface area contributed by atoms with E-state index in [0.717, 1.165) is 24.1 Å². The molecule has 2 aromatic carbocycles. The van der Waals surface area contributed by atoms with Crippen molar-refractivity contribution in [3.05, 3.63) is 58.7 Å². The summed E-state index contributed by atoms with van der Waals surface area (Å²) in [7, 11) is 0. The lowest BCUT2D eigenvalue weighted by atomic mass is 9.73. The Morgan fingerprint density at radius 1 is 0.926 bits per heavy atom.